The summed E-state index contributed by atoms with van der Waals surface area (Å²) in [4.78, 5) is 12.0. The maximum atomic E-state index is 12.0. The molecule has 0 aliphatic rings. The molecule has 0 spiro atoms. The molecule has 1 aromatic rings. The zero-order valence-corrected chi connectivity index (χ0v) is 9.50. The maximum absolute atomic E-state index is 12.0. The number of pyridine rings is 1. The fourth-order valence-electron chi connectivity index (χ4n) is 1.52. The first-order valence-corrected chi connectivity index (χ1v) is 5.16. The fourth-order valence-corrected chi connectivity index (χ4v) is 1.52. The Morgan fingerprint density at radius 2 is 2.00 bits per heavy atom. The molecule has 2 nitrogen and oxygen atoms in total. The van der Waals surface area contributed by atoms with Crippen LogP contribution in [0, 0.1) is 0 Å². The van der Waals surface area contributed by atoms with E-state index in [4.69, 9.17) is 0 Å². The summed E-state index contributed by atoms with van der Waals surface area (Å²) < 4.78 is 1.79. The minimum atomic E-state index is -0.0617. The second-order valence-corrected chi connectivity index (χ2v) is 4.67. The van der Waals surface area contributed by atoms with Crippen LogP contribution in [0.15, 0.2) is 23.1 Å². The number of hydrogen-bond donors (Lipinski definition) is 0. The summed E-state index contributed by atoms with van der Waals surface area (Å²) in [5.74, 6) is 0. The first kappa shape index (κ1) is 11.0. The monoisotopic (exact) mass is 193 g/mol. The molecule has 0 fully saturated rings. The van der Waals surface area contributed by atoms with Crippen LogP contribution in [0.3, 0.4) is 0 Å². The average molecular weight is 193 g/mol. The van der Waals surface area contributed by atoms with E-state index in [2.05, 4.69) is 27.7 Å². The van der Waals surface area contributed by atoms with Gasteiger partial charge in [-0.25, -0.2) is 0 Å². The van der Waals surface area contributed by atoms with Crippen molar-refractivity contribution < 1.29 is 0 Å². The minimum Gasteiger partial charge on any atom is -0.315 e. The molecule has 0 aliphatic carbocycles. The molecule has 1 aromatic heterocycles. The van der Waals surface area contributed by atoms with Crippen LogP contribution in [0.1, 0.15) is 39.7 Å². The Kier molecular flexibility index (Phi) is 3.14. The van der Waals surface area contributed by atoms with Gasteiger partial charge in [0.05, 0.1) is 0 Å². The second kappa shape index (κ2) is 3.99. The lowest BCUT2D eigenvalue weighted by atomic mass is 9.88. The summed E-state index contributed by atoms with van der Waals surface area (Å²) in [6, 6.07) is 3.88. The zero-order chi connectivity index (χ0) is 10.8. The topological polar surface area (TPSA) is 22.0 Å². The normalized spacial score (nSPS) is 11.7. The molecule has 2 heteroatoms. The molecule has 1 heterocycles. The van der Waals surface area contributed by atoms with Gasteiger partial charge in [-0.05, 0) is 17.9 Å². The Bertz CT molecular complexity index is 357. The van der Waals surface area contributed by atoms with Crippen molar-refractivity contribution >= 4 is 0 Å². The van der Waals surface area contributed by atoms with Crippen molar-refractivity contribution in [3.63, 3.8) is 0 Å². The second-order valence-electron chi connectivity index (χ2n) is 4.67. The van der Waals surface area contributed by atoms with E-state index >= 15 is 0 Å². The third kappa shape index (κ3) is 2.25. The number of aryl methyl sites for hydroxylation is 1. The van der Waals surface area contributed by atoms with Crippen molar-refractivity contribution in [2.45, 2.75) is 46.1 Å². The van der Waals surface area contributed by atoms with Crippen LogP contribution in [0.2, 0.25) is 0 Å². The van der Waals surface area contributed by atoms with Gasteiger partial charge in [0.25, 0.3) is 5.56 Å². The number of nitrogens with zero attached hydrogens (tertiary/aromatic N) is 1. The van der Waals surface area contributed by atoms with E-state index in [1.165, 1.54) is 0 Å². The number of hydrogen-bond acceptors (Lipinski definition) is 1. The van der Waals surface area contributed by atoms with Gasteiger partial charge >= 0.3 is 0 Å². The molecule has 78 valence electrons. The Morgan fingerprint density at radius 3 is 2.50 bits per heavy atom. The summed E-state index contributed by atoms with van der Waals surface area (Å²) in [6.45, 7) is 9.10. The van der Waals surface area contributed by atoms with E-state index in [9.17, 15) is 4.79 Å². The van der Waals surface area contributed by atoms with Gasteiger partial charge in [-0.2, -0.15) is 0 Å². The highest BCUT2D eigenvalue weighted by molar-refractivity contribution is 5.19. The Labute approximate surface area is 85.6 Å². The largest absolute Gasteiger partial charge is 0.315 e. The third-order valence-corrected chi connectivity index (χ3v) is 2.29. The average Bonchev–Trinajstić information content (AvgIpc) is 2.07. The van der Waals surface area contributed by atoms with Crippen LogP contribution in [0.4, 0.5) is 0 Å². The van der Waals surface area contributed by atoms with Crippen molar-refractivity contribution in [1.82, 2.24) is 4.57 Å². The first-order chi connectivity index (χ1) is 6.46. The maximum Gasteiger partial charge on any atom is 0.254 e. The molecule has 0 aromatic carbocycles. The molecule has 0 saturated heterocycles. The lowest BCUT2D eigenvalue weighted by Gasteiger charge is -2.19. The summed E-state index contributed by atoms with van der Waals surface area (Å²) >= 11 is 0. The highest BCUT2D eigenvalue weighted by Crippen LogP contribution is 2.17. The van der Waals surface area contributed by atoms with E-state index in [1.54, 1.807) is 4.57 Å². The summed E-state index contributed by atoms with van der Waals surface area (Å²) in [7, 11) is 0. The van der Waals surface area contributed by atoms with E-state index in [0.29, 0.717) is 0 Å². The Morgan fingerprint density at radius 1 is 1.36 bits per heavy atom. The SMILES string of the molecule is CCCn1cccc(C(C)(C)C)c1=O. The Hall–Kier alpha value is -1.05. The van der Waals surface area contributed by atoms with Crippen LogP contribution >= 0.6 is 0 Å². The first-order valence-electron chi connectivity index (χ1n) is 5.16. The fraction of sp³-hybridized carbons (Fsp3) is 0.583. The molecule has 14 heavy (non-hydrogen) atoms. The van der Waals surface area contributed by atoms with E-state index in [0.717, 1.165) is 18.5 Å². The van der Waals surface area contributed by atoms with Crippen LogP contribution in [0.5, 0.6) is 0 Å². The van der Waals surface area contributed by atoms with Crippen molar-refractivity contribution in [2.75, 3.05) is 0 Å². The molecule has 0 radical (unpaired) electrons. The molecule has 0 atom stereocenters. The predicted octanol–water partition coefficient (Wildman–Crippen LogP) is 2.56. The standard InChI is InChI=1S/C12H19NO/c1-5-8-13-9-6-7-10(11(13)14)12(2,3)4/h6-7,9H,5,8H2,1-4H3. The van der Waals surface area contributed by atoms with Gasteiger partial charge in [-0.3, -0.25) is 4.79 Å². The number of aromatic nitrogens is 1. The van der Waals surface area contributed by atoms with Crippen LogP contribution < -0.4 is 5.56 Å². The highest BCUT2D eigenvalue weighted by atomic mass is 16.1. The lowest BCUT2D eigenvalue weighted by Crippen LogP contribution is -2.29. The smallest absolute Gasteiger partial charge is 0.254 e. The van der Waals surface area contributed by atoms with Crippen molar-refractivity contribution in [3.8, 4) is 0 Å². The lowest BCUT2D eigenvalue weighted by molar-refractivity contribution is 0.558. The van der Waals surface area contributed by atoms with E-state index in [-0.39, 0.29) is 11.0 Å². The van der Waals surface area contributed by atoms with Crippen molar-refractivity contribution in [1.29, 1.82) is 0 Å². The molecule has 0 unspecified atom stereocenters. The number of rotatable bonds is 2. The molecule has 0 amide bonds. The van der Waals surface area contributed by atoms with Crippen LogP contribution in [0.25, 0.3) is 0 Å². The summed E-state index contributed by atoms with van der Waals surface area (Å²) in [6.07, 6.45) is 2.86. The molecule has 0 bridgehead atoms. The van der Waals surface area contributed by atoms with Crippen LogP contribution in [-0.4, -0.2) is 4.57 Å². The highest BCUT2D eigenvalue weighted by Gasteiger charge is 2.17. The van der Waals surface area contributed by atoms with Gasteiger partial charge in [0.15, 0.2) is 0 Å². The molecule has 0 N–H and O–H groups in total. The quantitative estimate of drug-likeness (QED) is 0.707. The molecular formula is C12H19NO. The van der Waals surface area contributed by atoms with Gasteiger partial charge in [0.1, 0.15) is 0 Å². The van der Waals surface area contributed by atoms with E-state index < -0.39 is 0 Å². The minimum absolute atomic E-state index is 0.0617. The van der Waals surface area contributed by atoms with Gasteiger partial charge in [0, 0.05) is 18.3 Å². The van der Waals surface area contributed by atoms with Gasteiger partial charge in [0.2, 0.25) is 0 Å². The summed E-state index contributed by atoms with van der Waals surface area (Å²) in [5, 5.41) is 0. The van der Waals surface area contributed by atoms with Gasteiger partial charge in [-0.1, -0.05) is 33.8 Å². The predicted molar refractivity (Wildman–Crippen MR) is 59.7 cm³/mol. The van der Waals surface area contributed by atoms with Crippen molar-refractivity contribution in [2.24, 2.45) is 0 Å². The zero-order valence-electron chi connectivity index (χ0n) is 9.50. The Balaban J connectivity index is 3.22. The molecule has 1 rings (SSSR count). The van der Waals surface area contributed by atoms with Gasteiger partial charge < -0.3 is 4.57 Å². The van der Waals surface area contributed by atoms with Gasteiger partial charge in [-0.15, -0.1) is 0 Å². The van der Waals surface area contributed by atoms with Crippen LogP contribution in [-0.2, 0) is 12.0 Å². The van der Waals surface area contributed by atoms with Crippen molar-refractivity contribution in [3.05, 3.63) is 34.2 Å². The third-order valence-electron chi connectivity index (χ3n) is 2.29. The van der Waals surface area contributed by atoms with E-state index in [1.807, 2.05) is 18.3 Å². The summed E-state index contributed by atoms with van der Waals surface area (Å²) in [5.41, 5.74) is 0.990. The molecule has 0 aliphatic heterocycles. The molecular weight excluding hydrogens is 174 g/mol. The molecule has 0 saturated carbocycles.